The highest BCUT2D eigenvalue weighted by atomic mass is 32.1. The highest BCUT2D eigenvalue weighted by molar-refractivity contribution is 7.09. The van der Waals surface area contributed by atoms with Crippen LogP contribution in [-0.2, 0) is 17.8 Å². The number of pyridine rings is 1. The van der Waals surface area contributed by atoms with Crippen LogP contribution in [0.5, 0.6) is 23.1 Å². The fourth-order valence-corrected chi connectivity index (χ4v) is 3.40. The summed E-state index contributed by atoms with van der Waals surface area (Å²) in [5, 5.41) is 2.65. The van der Waals surface area contributed by atoms with Crippen molar-refractivity contribution in [3.8, 4) is 23.1 Å². The molecule has 2 heterocycles. The molecule has 31 heavy (non-hydrogen) atoms. The second-order valence-corrected chi connectivity index (χ2v) is 7.67. The maximum absolute atomic E-state index is 12.2. The number of hydrogen-bond donors (Lipinski definition) is 0. The van der Waals surface area contributed by atoms with Crippen LogP contribution in [0.25, 0.3) is 0 Å². The van der Waals surface area contributed by atoms with E-state index in [0.717, 1.165) is 10.8 Å². The molecule has 0 unspecified atom stereocenters. The lowest BCUT2D eigenvalue weighted by Gasteiger charge is -2.06. The van der Waals surface area contributed by atoms with Gasteiger partial charge in [-0.15, -0.1) is 11.3 Å². The molecular formula is C24H20N2O4S. The van der Waals surface area contributed by atoms with Crippen LogP contribution in [0.2, 0.25) is 0 Å². The Balaban J connectivity index is 1.26. The highest BCUT2D eigenvalue weighted by Crippen LogP contribution is 2.23. The van der Waals surface area contributed by atoms with Gasteiger partial charge in [0.2, 0.25) is 5.88 Å². The van der Waals surface area contributed by atoms with Crippen LogP contribution < -0.4 is 14.2 Å². The number of aromatic nitrogens is 2. The minimum absolute atomic E-state index is 0.0905. The Morgan fingerprint density at radius 1 is 0.935 bits per heavy atom. The summed E-state index contributed by atoms with van der Waals surface area (Å²) in [6, 6.07) is 20.1. The van der Waals surface area contributed by atoms with Gasteiger partial charge in [0.1, 0.15) is 28.9 Å². The van der Waals surface area contributed by atoms with Crippen LogP contribution in [0.15, 0.2) is 78.3 Å². The van der Waals surface area contributed by atoms with Crippen LogP contribution in [0.3, 0.4) is 0 Å². The molecule has 0 atom stereocenters. The number of ether oxygens (including phenoxy) is 3. The third-order valence-electron chi connectivity index (χ3n) is 4.22. The van der Waals surface area contributed by atoms with Crippen molar-refractivity contribution >= 4 is 17.3 Å². The van der Waals surface area contributed by atoms with Crippen molar-refractivity contribution in [1.82, 2.24) is 9.97 Å². The lowest BCUT2D eigenvalue weighted by atomic mass is 10.2. The van der Waals surface area contributed by atoms with E-state index in [0.29, 0.717) is 29.7 Å². The number of aryl methyl sites for hydroxylation is 1. The van der Waals surface area contributed by atoms with Gasteiger partial charge in [0.05, 0.1) is 12.1 Å². The first-order valence-corrected chi connectivity index (χ1v) is 10.5. The Kier molecular flexibility index (Phi) is 6.54. The fraction of sp³-hybridized carbons (Fsp3) is 0.125. The molecule has 7 heteroatoms. The van der Waals surface area contributed by atoms with E-state index in [1.807, 2.05) is 48.7 Å². The molecule has 4 rings (SSSR count). The van der Waals surface area contributed by atoms with E-state index in [2.05, 4.69) is 9.97 Å². The maximum Gasteiger partial charge on any atom is 0.317 e. The van der Waals surface area contributed by atoms with E-state index in [1.165, 1.54) is 16.9 Å². The monoisotopic (exact) mass is 432 g/mol. The van der Waals surface area contributed by atoms with E-state index in [-0.39, 0.29) is 12.4 Å². The van der Waals surface area contributed by atoms with Crippen molar-refractivity contribution in [2.75, 3.05) is 0 Å². The van der Waals surface area contributed by atoms with E-state index >= 15 is 0 Å². The molecule has 0 N–H and O–H groups in total. The van der Waals surface area contributed by atoms with Gasteiger partial charge in [-0.1, -0.05) is 23.8 Å². The first kappa shape index (κ1) is 20.6. The quantitative estimate of drug-likeness (QED) is 0.276. The van der Waals surface area contributed by atoms with Crippen LogP contribution in [0.4, 0.5) is 0 Å². The van der Waals surface area contributed by atoms with Gasteiger partial charge >= 0.3 is 5.97 Å². The number of esters is 1. The topological polar surface area (TPSA) is 70.5 Å². The van der Waals surface area contributed by atoms with Crippen molar-refractivity contribution in [3.63, 3.8) is 0 Å². The summed E-state index contributed by atoms with van der Waals surface area (Å²) in [4.78, 5) is 20.8. The van der Waals surface area contributed by atoms with Gasteiger partial charge in [-0.05, 0) is 49.4 Å². The highest BCUT2D eigenvalue weighted by Gasteiger charge is 2.11. The summed E-state index contributed by atoms with van der Waals surface area (Å²) >= 11 is 1.46. The van der Waals surface area contributed by atoms with Gasteiger partial charge in [0, 0.05) is 17.6 Å². The molecule has 0 bridgehead atoms. The number of hydrogen-bond acceptors (Lipinski definition) is 7. The molecular weight excluding hydrogens is 412 g/mol. The lowest BCUT2D eigenvalue weighted by Crippen LogP contribution is -2.11. The average Bonchev–Trinajstić information content (AvgIpc) is 3.22. The number of carbonyl (C=O) groups excluding carboxylic acids is 1. The van der Waals surface area contributed by atoms with Crippen LogP contribution in [0, 0.1) is 6.92 Å². The SMILES string of the molecule is Cc1ccc(OCc2nc(CC(=O)Oc3ccc(Oc4ccccn4)cc3)cs2)cc1. The molecule has 0 saturated heterocycles. The van der Waals surface area contributed by atoms with Crippen LogP contribution >= 0.6 is 11.3 Å². The fourth-order valence-electron chi connectivity index (χ4n) is 2.70. The zero-order chi connectivity index (χ0) is 21.5. The first-order valence-electron chi connectivity index (χ1n) is 9.66. The van der Waals surface area contributed by atoms with E-state index in [1.54, 1.807) is 36.5 Å². The molecule has 2 aromatic heterocycles. The summed E-state index contributed by atoms with van der Waals surface area (Å²) in [5.41, 5.74) is 1.84. The molecule has 2 aromatic carbocycles. The Bertz CT molecular complexity index is 1130. The summed E-state index contributed by atoms with van der Waals surface area (Å²) in [7, 11) is 0. The Morgan fingerprint density at radius 3 is 2.42 bits per heavy atom. The van der Waals surface area contributed by atoms with Crippen molar-refractivity contribution in [1.29, 1.82) is 0 Å². The number of rotatable bonds is 8. The Hall–Kier alpha value is -3.71. The first-order chi connectivity index (χ1) is 15.1. The third-order valence-corrected chi connectivity index (χ3v) is 5.09. The molecule has 0 fully saturated rings. The molecule has 0 saturated carbocycles. The number of thiazole rings is 1. The Morgan fingerprint density at radius 2 is 1.68 bits per heavy atom. The molecule has 6 nitrogen and oxygen atoms in total. The van der Waals surface area contributed by atoms with Crippen molar-refractivity contribution in [2.24, 2.45) is 0 Å². The van der Waals surface area contributed by atoms with E-state index in [4.69, 9.17) is 14.2 Å². The zero-order valence-electron chi connectivity index (χ0n) is 16.9. The molecule has 0 aliphatic heterocycles. The predicted octanol–water partition coefficient (Wildman–Crippen LogP) is 5.37. The maximum atomic E-state index is 12.2. The van der Waals surface area contributed by atoms with Crippen molar-refractivity contribution in [2.45, 2.75) is 20.0 Å². The second kappa shape index (κ2) is 9.86. The molecule has 0 aliphatic carbocycles. The number of carbonyl (C=O) groups is 1. The van der Waals surface area contributed by atoms with Gasteiger partial charge < -0.3 is 14.2 Å². The summed E-state index contributed by atoms with van der Waals surface area (Å²) in [5.74, 6) is 1.96. The van der Waals surface area contributed by atoms with Crippen molar-refractivity contribution in [3.05, 3.63) is 94.6 Å². The smallest absolute Gasteiger partial charge is 0.317 e. The normalized spacial score (nSPS) is 10.5. The molecule has 4 aromatic rings. The zero-order valence-corrected chi connectivity index (χ0v) is 17.7. The number of nitrogens with zero attached hydrogens (tertiary/aromatic N) is 2. The van der Waals surface area contributed by atoms with Gasteiger partial charge in [-0.3, -0.25) is 4.79 Å². The molecule has 0 aliphatic rings. The molecule has 0 spiro atoms. The van der Waals surface area contributed by atoms with E-state index in [9.17, 15) is 4.79 Å². The number of benzene rings is 2. The Labute approximate surface area is 184 Å². The predicted molar refractivity (Wildman–Crippen MR) is 118 cm³/mol. The van der Waals surface area contributed by atoms with Crippen molar-refractivity contribution < 1.29 is 19.0 Å². The summed E-state index contributed by atoms with van der Waals surface area (Å²) < 4.78 is 16.8. The minimum atomic E-state index is -0.380. The van der Waals surface area contributed by atoms with Gasteiger partial charge in [0.25, 0.3) is 0 Å². The van der Waals surface area contributed by atoms with Crippen LogP contribution in [-0.4, -0.2) is 15.9 Å². The summed E-state index contributed by atoms with van der Waals surface area (Å²) in [6.07, 6.45) is 1.75. The molecule has 0 radical (unpaired) electrons. The summed E-state index contributed by atoms with van der Waals surface area (Å²) in [6.45, 7) is 2.39. The minimum Gasteiger partial charge on any atom is -0.486 e. The van der Waals surface area contributed by atoms with Gasteiger partial charge in [0.15, 0.2) is 0 Å². The standard InChI is InChI=1S/C24H20N2O4S/c1-17-5-7-19(8-6-17)28-15-23-26-18(16-31-23)14-24(27)30-21-11-9-20(10-12-21)29-22-4-2-3-13-25-22/h2-13,16H,14-15H2,1H3. The molecule has 156 valence electrons. The third kappa shape index (κ3) is 6.13. The van der Waals surface area contributed by atoms with Crippen LogP contribution in [0.1, 0.15) is 16.3 Å². The molecule has 0 amide bonds. The second-order valence-electron chi connectivity index (χ2n) is 6.73. The lowest BCUT2D eigenvalue weighted by molar-refractivity contribution is -0.133. The largest absolute Gasteiger partial charge is 0.486 e. The van der Waals surface area contributed by atoms with E-state index < -0.39 is 0 Å². The average molecular weight is 433 g/mol. The van der Waals surface area contributed by atoms with Gasteiger partial charge in [-0.25, -0.2) is 9.97 Å². The van der Waals surface area contributed by atoms with Gasteiger partial charge in [-0.2, -0.15) is 0 Å².